The SMILES string of the molecule is CCCC[C@@]1(C(=O)O)O[C@H]1C. The Morgan fingerprint density at radius 3 is 2.55 bits per heavy atom. The number of hydrogen-bond acceptors (Lipinski definition) is 2. The molecule has 11 heavy (non-hydrogen) atoms. The standard InChI is InChI=1S/C8H14O3/c1-3-4-5-8(7(9)10)6(2)11-8/h6H,3-5H2,1-2H3,(H,9,10)/t6-,8+/m0/s1. The van der Waals surface area contributed by atoms with Crippen molar-refractivity contribution in [2.24, 2.45) is 0 Å². The second-order valence-corrected chi connectivity index (χ2v) is 3.06. The van der Waals surface area contributed by atoms with Crippen LogP contribution in [0.15, 0.2) is 0 Å². The highest BCUT2D eigenvalue weighted by atomic mass is 16.6. The summed E-state index contributed by atoms with van der Waals surface area (Å²) in [6, 6.07) is 0. The van der Waals surface area contributed by atoms with Crippen LogP contribution in [0.25, 0.3) is 0 Å². The second kappa shape index (κ2) is 2.81. The van der Waals surface area contributed by atoms with Gasteiger partial charge in [0.1, 0.15) is 0 Å². The Hall–Kier alpha value is -0.570. The van der Waals surface area contributed by atoms with E-state index in [2.05, 4.69) is 0 Å². The molecule has 3 heteroatoms. The molecule has 0 radical (unpaired) electrons. The van der Waals surface area contributed by atoms with Gasteiger partial charge in [-0.25, -0.2) is 4.79 Å². The number of epoxide rings is 1. The van der Waals surface area contributed by atoms with E-state index in [9.17, 15) is 4.79 Å². The van der Waals surface area contributed by atoms with Crippen LogP contribution in [0.3, 0.4) is 0 Å². The Morgan fingerprint density at radius 2 is 2.27 bits per heavy atom. The van der Waals surface area contributed by atoms with E-state index in [4.69, 9.17) is 9.84 Å². The topological polar surface area (TPSA) is 49.8 Å². The molecule has 0 aromatic carbocycles. The Labute approximate surface area is 66.4 Å². The normalized spacial score (nSPS) is 35.3. The minimum absolute atomic E-state index is 0.0912. The highest BCUT2D eigenvalue weighted by Gasteiger charge is 2.59. The molecule has 1 rings (SSSR count). The maximum absolute atomic E-state index is 10.7. The van der Waals surface area contributed by atoms with Crippen molar-refractivity contribution in [1.82, 2.24) is 0 Å². The molecule has 0 aliphatic carbocycles. The van der Waals surface area contributed by atoms with E-state index in [-0.39, 0.29) is 6.10 Å². The van der Waals surface area contributed by atoms with Gasteiger partial charge in [-0.15, -0.1) is 0 Å². The van der Waals surface area contributed by atoms with Crippen molar-refractivity contribution >= 4 is 5.97 Å². The van der Waals surface area contributed by atoms with Crippen LogP contribution < -0.4 is 0 Å². The first-order valence-corrected chi connectivity index (χ1v) is 4.04. The summed E-state index contributed by atoms with van der Waals surface area (Å²) in [4.78, 5) is 10.7. The maximum atomic E-state index is 10.7. The molecular weight excluding hydrogens is 144 g/mol. The van der Waals surface area contributed by atoms with Crippen LogP contribution in [0, 0.1) is 0 Å². The molecule has 1 aliphatic heterocycles. The third-order valence-electron chi connectivity index (χ3n) is 2.25. The van der Waals surface area contributed by atoms with Gasteiger partial charge in [-0.2, -0.15) is 0 Å². The van der Waals surface area contributed by atoms with Gasteiger partial charge in [0.2, 0.25) is 0 Å². The summed E-state index contributed by atoms with van der Waals surface area (Å²) in [7, 11) is 0. The van der Waals surface area contributed by atoms with Gasteiger partial charge < -0.3 is 9.84 Å². The minimum Gasteiger partial charge on any atom is -0.479 e. The monoisotopic (exact) mass is 158 g/mol. The zero-order chi connectivity index (χ0) is 8.48. The molecule has 0 amide bonds. The molecule has 1 saturated heterocycles. The summed E-state index contributed by atoms with van der Waals surface area (Å²) in [5, 5.41) is 8.78. The predicted molar refractivity (Wildman–Crippen MR) is 40.4 cm³/mol. The van der Waals surface area contributed by atoms with Crippen molar-refractivity contribution in [3.8, 4) is 0 Å². The van der Waals surface area contributed by atoms with Gasteiger partial charge in [0.15, 0.2) is 5.60 Å². The molecule has 0 bridgehead atoms. The number of carbonyl (C=O) groups is 1. The summed E-state index contributed by atoms with van der Waals surface area (Å²) >= 11 is 0. The third kappa shape index (κ3) is 1.38. The number of unbranched alkanes of at least 4 members (excludes halogenated alkanes) is 1. The van der Waals surface area contributed by atoms with Gasteiger partial charge in [0, 0.05) is 0 Å². The molecule has 0 unspecified atom stereocenters. The molecule has 0 aromatic heterocycles. The number of hydrogen-bond donors (Lipinski definition) is 1. The van der Waals surface area contributed by atoms with E-state index < -0.39 is 11.6 Å². The van der Waals surface area contributed by atoms with Crippen LogP contribution in [0.2, 0.25) is 0 Å². The van der Waals surface area contributed by atoms with Crippen LogP contribution in [-0.4, -0.2) is 22.8 Å². The molecule has 0 aromatic rings. The highest BCUT2D eigenvalue weighted by Crippen LogP contribution is 2.40. The van der Waals surface area contributed by atoms with Gasteiger partial charge in [0.05, 0.1) is 6.10 Å². The van der Waals surface area contributed by atoms with Crippen LogP contribution >= 0.6 is 0 Å². The van der Waals surface area contributed by atoms with E-state index in [0.717, 1.165) is 12.8 Å². The van der Waals surface area contributed by atoms with Crippen LogP contribution in [-0.2, 0) is 9.53 Å². The molecule has 1 aliphatic rings. The summed E-state index contributed by atoms with van der Waals surface area (Å²) in [5.41, 5.74) is -0.823. The quantitative estimate of drug-likeness (QED) is 0.629. The van der Waals surface area contributed by atoms with Gasteiger partial charge in [-0.05, 0) is 13.3 Å². The predicted octanol–water partition coefficient (Wildman–Crippen LogP) is 1.42. The van der Waals surface area contributed by atoms with E-state index >= 15 is 0 Å². The van der Waals surface area contributed by atoms with Crippen LogP contribution in [0.1, 0.15) is 33.1 Å². The van der Waals surface area contributed by atoms with Gasteiger partial charge in [-0.3, -0.25) is 0 Å². The first-order chi connectivity index (χ1) is 5.13. The fourth-order valence-corrected chi connectivity index (χ4v) is 1.31. The molecule has 64 valence electrons. The summed E-state index contributed by atoms with van der Waals surface area (Å²) in [5.74, 6) is -0.807. The fourth-order valence-electron chi connectivity index (χ4n) is 1.31. The van der Waals surface area contributed by atoms with Crippen molar-refractivity contribution in [3.63, 3.8) is 0 Å². The number of ether oxygens (including phenoxy) is 1. The number of carboxylic acids is 1. The second-order valence-electron chi connectivity index (χ2n) is 3.06. The van der Waals surface area contributed by atoms with E-state index in [1.165, 1.54) is 0 Å². The highest BCUT2D eigenvalue weighted by molar-refractivity contribution is 5.81. The third-order valence-corrected chi connectivity index (χ3v) is 2.25. The van der Waals surface area contributed by atoms with Crippen molar-refractivity contribution < 1.29 is 14.6 Å². The summed E-state index contributed by atoms with van der Waals surface area (Å²) in [6.45, 7) is 3.85. The summed E-state index contributed by atoms with van der Waals surface area (Å²) in [6.07, 6.45) is 2.51. The van der Waals surface area contributed by atoms with Gasteiger partial charge in [-0.1, -0.05) is 19.8 Å². The zero-order valence-corrected chi connectivity index (χ0v) is 6.96. The van der Waals surface area contributed by atoms with E-state index in [1.807, 2.05) is 13.8 Å². The molecule has 1 N–H and O–H groups in total. The number of aliphatic carboxylic acids is 1. The van der Waals surface area contributed by atoms with Gasteiger partial charge >= 0.3 is 5.97 Å². The van der Waals surface area contributed by atoms with Crippen molar-refractivity contribution in [3.05, 3.63) is 0 Å². The smallest absolute Gasteiger partial charge is 0.338 e. The molecule has 1 fully saturated rings. The lowest BCUT2D eigenvalue weighted by Crippen LogP contribution is -2.26. The van der Waals surface area contributed by atoms with Crippen molar-refractivity contribution in [2.45, 2.75) is 44.8 Å². The average molecular weight is 158 g/mol. The Bertz CT molecular complexity index is 167. The maximum Gasteiger partial charge on any atom is 0.338 e. The average Bonchev–Trinajstić information content (AvgIpc) is 2.59. The van der Waals surface area contributed by atoms with E-state index in [1.54, 1.807) is 0 Å². The van der Waals surface area contributed by atoms with Gasteiger partial charge in [0.25, 0.3) is 0 Å². The Morgan fingerprint density at radius 1 is 1.73 bits per heavy atom. The molecule has 3 nitrogen and oxygen atoms in total. The molecule has 0 saturated carbocycles. The lowest BCUT2D eigenvalue weighted by atomic mass is 9.99. The first kappa shape index (κ1) is 8.53. The van der Waals surface area contributed by atoms with E-state index in [0.29, 0.717) is 6.42 Å². The molecule has 1 heterocycles. The lowest BCUT2D eigenvalue weighted by molar-refractivity contribution is -0.143. The molecule has 0 spiro atoms. The van der Waals surface area contributed by atoms with Crippen molar-refractivity contribution in [2.75, 3.05) is 0 Å². The Kier molecular flexibility index (Phi) is 2.18. The van der Waals surface area contributed by atoms with Crippen LogP contribution in [0.5, 0.6) is 0 Å². The number of rotatable bonds is 4. The first-order valence-electron chi connectivity index (χ1n) is 4.04. The lowest BCUT2D eigenvalue weighted by Gasteiger charge is -2.04. The minimum atomic E-state index is -0.823. The largest absolute Gasteiger partial charge is 0.479 e. The Balaban J connectivity index is 2.44. The van der Waals surface area contributed by atoms with Crippen molar-refractivity contribution in [1.29, 1.82) is 0 Å². The zero-order valence-electron chi connectivity index (χ0n) is 6.96. The number of carboxylic acid groups (broad SMARTS) is 1. The molecule has 2 atom stereocenters. The summed E-state index contributed by atoms with van der Waals surface area (Å²) < 4.78 is 5.07. The van der Waals surface area contributed by atoms with Crippen LogP contribution in [0.4, 0.5) is 0 Å². The fraction of sp³-hybridized carbons (Fsp3) is 0.875. The molecular formula is C8H14O3.